The molecular weight excluding hydrogens is 232 g/mol. The number of nitrogens with zero attached hydrogens (tertiary/aromatic N) is 1. The van der Waals surface area contributed by atoms with Gasteiger partial charge >= 0.3 is 0 Å². The average Bonchev–Trinajstić information content (AvgIpc) is 2.37. The molecule has 1 aromatic rings. The molecule has 1 atom stereocenters. The summed E-state index contributed by atoms with van der Waals surface area (Å²) in [5.74, 6) is 1.01. The largest absolute Gasteiger partial charge is 0.478 e. The lowest BCUT2D eigenvalue weighted by Crippen LogP contribution is -2.16. The second kappa shape index (κ2) is 8.72. The first-order valence-corrected chi connectivity index (χ1v) is 6.26. The Labute approximate surface area is 108 Å². The molecule has 1 aromatic heterocycles. The molecule has 5 heteroatoms. The summed E-state index contributed by atoms with van der Waals surface area (Å²) in [6.45, 7) is 3.27. The predicted octanol–water partition coefficient (Wildman–Crippen LogP) is 2.22. The van der Waals surface area contributed by atoms with E-state index < -0.39 is 0 Å². The van der Waals surface area contributed by atoms with Gasteiger partial charge in [-0.05, 0) is 12.5 Å². The normalized spacial score (nSPS) is 12.3. The highest BCUT2D eigenvalue weighted by atomic mass is 16.7. The molecule has 0 amide bonds. The lowest BCUT2D eigenvalue weighted by atomic mass is 10.3. The molecule has 1 unspecified atom stereocenters. The molecule has 1 rings (SSSR count). The van der Waals surface area contributed by atoms with E-state index in [0.29, 0.717) is 24.9 Å². The molecule has 1 heterocycles. The number of nitrogens with two attached hydrogens (primary N) is 1. The van der Waals surface area contributed by atoms with Crippen molar-refractivity contribution >= 4 is 5.82 Å². The van der Waals surface area contributed by atoms with E-state index in [4.69, 9.17) is 19.9 Å². The zero-order chi connectivity index (χ0) is 13.2. The molecule has 0 aliphatic heterocycles. The van der Waals surface area contributed by atoms with Crippen molar-refractivity contribution in [3.63, 3.8) is 0 Å². The van der Waals surface area contributed by atoms with Crippen LogP contribution in [0.2, 0.25) is 0 Å². The fraction of sp³-hybridized carbons (Fsp3) is 0.615. The van der Waals surface area contributed by atoms with E-state index in [1.807, 2.05) is 6.07 Å². The summed E-state index contributed by atoms with van der Waals surface area (Å²) in [7, 11) is 1.66. The van der Waals surface area contributed by atoms with Crippen LogP contribution < -0.4 is 10.5 Å². The van der Waals surface area contributed by atoms with E-state index >= 15 is 0 Å². The number of hydrogen-bond acceptors (Lipinski definition) is 5. The lowest BCUT2D eigenvalue weighted by Gasteiger charge is -2.15. The van der Waals surface area contributed by atoms with E-state index in [1.54, 1.807) is 19.2 Å². The fourth-order valence-electron chi connectivity index (χ4n) is 1.47. The monoisotopic (exact) mass is 254 g/mol. The Hall–Kier alpha value is -1.33. The third-order valence-electron chi connectivity index (χ3n) is 2.37. The quantitative estimate of drug-likeness (QED) is 0.540. The molecule has 18 heavy (non-hydrogen) atoms. The minimum absolute atomic E-state index is 0.111. The smallest absolute Gasteiger partial charge is 0.215 e. The molecule has 2 N–H and O–H groups in total. The van der Waals surface area contributed by atoms with E-state index in [1.165, 1.54) is 0 Å². The maximum Gasteiger partial charge on any atom is 0.215 e. The van der Waals surface area contributed by atoms with Crippen LogP contribution in [0.4, 0.5) is 5.82 Å². The van der Waals surface area contributed by atoms with Crippen LogP contribution in [0.1, 0.15) is 26.2 Å². The zero-order valence-corrected chi connectivity index (χ0v) is 11.1. The molecule has 0 bridgehead atoms. The highest BCUT2D eigenvalue weighted by Gasteiger charge is 2.05. The topological polar surface area (TPSA) is 66.6 Å². The lowest BCUT2D eigenvalue weighted by molar-refractivity contribution is -0.129. The standard InChI is InChI=1S/C13H22N2O3/c1-3-6-13(16-2)18-10-5-9-17-12-8-4-7-11(14)15-12/h4,7-8,13H,3,5-6,9-10H2,1-2H3,(H2,14,15). The Morgan fingerprint density at radius 2 is 2.17 bits per heavy atom. The molecule has 0 saturated carbocycles. The third kappa shape index (κ3) is 5.84. The number of nitrogen functional groups attached to an aromatic ring is 1. The van der Waals surface area contributed by atoms with Gasteiger partial charge in [-0.2, -0.15) is 4.98 Å². The van der Waals surface area contributed by atoms with Crippen molar-refractivity contribution in [3.05, 3.63) is 18.2 Å². The minimum Gasteiger partial charge on any atom is -0.478 e. The summed E-state index contributed by atoms with van der Waals surface area (Å²) in [5.41, 5.74) is 5.55. The highest BCUT2D eigenvalue weighted by molar-refractivity contribution is 5.30. The average molecular weight is 254 g/mol. The molecule has 102 valence electrons. The molecule has 0 spiro atoms. The van der Waals surface area contributed by atoms with Crippen LogP contribution in [0.5, 0.6) is 5.88 Å². The number of pyridine rings is 1. The van der Waals surface area contributed by atoms with Crippen molar-refractivity contribution in [1.82, 2.24) is 4.98 Å². The molecule has 0 aliphatic rings. The van der Waals surface area contributed by atoms with E-state index in [9.17, 15) is 0 Å². The Morgan fingerprint density at radius 3 is 2.83 bits per heavy atom. The highest BCUT2D eigenvalue weighted by Crippen LogP contribution is 2.09. The van der Waals surface area contributed by atoms with E-state index in [2.05, 4.69) is 11.9 Å². The van der Waals surface area contributed by atoms with Gasteiger partial charge < -0.3 is 19.9 Å². The predicted molar refractivity (Wildman–Crippen MR) is 70.4 cm³/mol. The van der Waals surface area contributed by atoms with Crippen molar-refractivity contribution in [1.29, 1.82) is 0 Å². The SMILES string of the molecule is CCCC(OC)OCCCOc1cccc(N)n1. The Balaban J connectivity index is 2.11. The van der Waals surface area contributed by atoms with Gasteiger partial charge in [0.15, 0.2) is 6.29 Å². The maximum atomic E-state index is 5.55. The fourth-order valence-corrected chi connectivity index (χ4v) is 1.47. The molecule has 0 fully saturated rings. The number of anilines is 1. The van der Waals surface area contributed by atoms with Crippen molar-refractivity contribution in [2.45, 2.75) is 32.5 Å². The van der Waals surface area contributed by atoms with Crippen LogP contribution in [0.25, 0.3) is 0 Å². The number of rotatable bonds is 9. The third-order valence-corrected chi connectivity index (χ3v) is 2.37. The first kappa shape index (κ1) is 14.7. The maximum absolute atomic E-state index is 5.55. The summed E-state index contributed by atoms with van der Waals surface area (Å²) in [6.07, 6.45) is 2.64. The molecule has 0 radical (unpaired) electrons. The number of methoxy groups -OCH3 is 1. The summed E-state index contributed by atoms with van der Waals surface area (Å²) in [5, 5.41) is 0. The van der Waals surface area contributed by atoms with Gasteiger partial charge in [-0.1, -0.05) is 19.4 Å². The van der Waals surface area contributed by atoms with Crippen LogP contribution in [-0.4, -0.2) is 31.6 Å². The van der Waals surface area contributed by atoms with Crippen LogP contribution >= 0.6 is 0 Å². The van der Waals surface area contributed by atoms with Gasteiger partial charge in [-0.15, -0.1) is 0 Å². The van der Waals surface area contributed by atoms with Gasteiger partial charge in [-0.25, -0.2) is 0 Å². The van der Waals surface area contributed by atoms with Gasteiger partial charge in [0.2, 0.25) is 5.88 Å². The first-order chi connectivity index (χ1) is 8.76. The molecular formula is C13H22N2O3. The Bertz CT molecular complexity index is 334. The van der Waals surface area contributed by atoms with E-state index in [0.717, 1.165) is 19.3 Å². The molecule has 0 aromatic carbocycles. The number of ether oxygens (including phenoxy) is 3. The van der Waals surface area contributed by atoms with Crippen LogP contribution in [0.15, 0.2) is 18.2 Å². The van der Waals surface area contributed by atoms with Crippen molar-refractivity contribution in [2.24, 2.45) is 0 Å². The summed E-state index contributed by atoms with van der Waals surface area (Å²) < 4.78 is 16.2. The molecule has 0 saturated heterocycles. The number of aromatic nitrogens is 1. The van der Waals surface area contributed by atoms with Gasteiger partial charge in [0.1, 0.15) is 5.82 Å². The van der Waals surface area contributed by atoms with Crippen molar-refractivity contribution in [3.8, 4) is 5.88 Å². The first-order valence-electron chi connectivity index (χ1n) is 6.26. The Kier molecular flexibility index (Phi) is 7.13. The van der Waals surface area contributed by atoms with Crippen LogP contribution in [-0.2, 0) is 9.47 Å². The van der Waals surface area contributed by atoms with Crippen molar-refractivity contribution in [2.75, 3.05) is 26.1 Å². The summed E-state index contributed by atoms with van der Waals surface area (Å²) in [6, 6.07) is 5.33. The van der Waals surface area contributed by atoms with Crippen LogP contribution in [0, 0.1) is 0 Å². The second-order valence-corrected chi connectivity index (χ2v) is 3.93. The van der Waals surface area contributed by atoms with Gasteiger partial charge in [0.25, 0.3) is 0 Å². The van der Waals surface area contributed by atoms with Crippen LogP contribution in [0.3, 0.4) is 0 Å². The van der Waals surface area contributed by atoms with E-state index in [-0.39, 0.29) is 6.29 Å². The van der Waals surface area contributed by atoms with Gasteiger partial charge in [0, 0.05) is 19.6 Å². The molecule has 5 nitrogen and oxygen atoms in total. The second-order valence-electron chi connectivity index (χ2n) is 3.93. The van der Waals surface area contributed by atoms with Crippen molar-refractivity contribution < 1.29 is 14.2 Å². The van der Waals surface area contributed by atoms with Gasteiger partial charge in [0.05, 0.1) is 13.2 Å². The summed E-state index contributed by atoms with van der Waals surface area (Å²) in [4.78, 5) is 4.04. The van der Waals surface area contributed by atoms with Gasteiger partial charge in [-0.3, -0.25) is 0 Å². The molecule has 0 aliphatic carbocycles. The Morgan fingerprint density at radius 1 is 1.33 bits per heavy atom. The number of hydrogen-bond donors (Lipinski definition) is 1. The minimum atomic E-state index is -0.111. The summed E-state index contributed by atoms with van der Waals surface area (Å²) >= 11 is 0. The zero-order valence-electron chi connectivity index (χ0n) is 11.1.